The van der Waals surface area contributed by atoms with Crippen molar-refractivity contribution in [3.05, 3.63) is 64.4 Å². The number of halogens is 2. The summed E-state index contributed by atoms with van der Waals surface area (Å²) in [4.78, 5) is 36.8. The van der Waals surface area contributed by atoms with Crippen LogP contribution in [0.1, 0.15) is 18.1 Å². The van der Waals surface area contributed by atoms with Crippen molar-refractivity contribution < 1.29 is 28.2 Å². The number of hydrogen-bond acceptors (Lipinski definition) is 5. The van der Waals surface area contributed by atoms with Gasteiger partial charge < -0.3 is 20.1 Å². The molecule has 31 heavy (non-hydrogen) atoms. The number of benzene rings is 2. The normalized spacial score (nSPS) is 12.4. The molecule has 7 nitrogen and oxygen atoms in total. The first-order chi connectivity index (χ1) is 14.7. The summed E-state index contributed by atoms with van der Waals surface area (Å²) in [6, 6.07) is 8.67. The zero-order valence-electron chi connectivity index (χ0n) is 17.4. The van der Waals surface area contributed by atoms with Crippen LogP contribution < -0.4 is 15.4 Å². The quantitative estimate of drug-likeness (QED) is 0.572. The van der Waals surface area contributed by atoms with E-state index in [0.29, 0.717) is 21.9 Å². The van der Waals surface area contributed by atoms with Crippen LogP contribution >= 0.6 is 11.6 Å². The molecule has 0 aliphatic carbocycles. The SMILES string of the molecule is COC(=O)[C@@H](Cc1ccc(OC)c(Cl)c1)NC(=O)[C@@H](Cc1cccc(F)c1)NC(C)=O. The minimum Gasteiger partial charge on any atom is -0.495 e. The summed E-state index contributed by atoms with van der Waals surface area (Å²) in [6.45, 7) is 1.27. The first-order valence-electron chi connectivity index (χ1n) is 9.45. The van der Waals surface area contributed by atoms with Gasteiger partial charge in [0.2, 0.25) is 11.8 Å². The zero-order chi connectivity index (χ0) is 23.0. The average molecular weight is 451 g/mol. The second kappa shape index (κ2) is 11.3. The number of carbonyl (C=O) groups is 3. The summed E-state index contributed by atoms with van der Waals surface area (Å²) in [5, 5.41) is 5.50. The van der Waals surface area contributed by atoms with Gasteiger partial charge in [-0.05, 0) is 35.4 Å². The molecule has 166 valence electrons. The summed E-state index contributed by atoms with van der Waals surface area (Å²) >= 11 is 6.14. The molecular formula is C22H24ClFN2O5. The number of amides is 2. The third kappa shape index (κ3) is 7.25. The first-order valence-corrected chi connectivity index (χ1v) is 9.83. The molecule has 0 unspecified atom stereocenters. The van der Waals surface area contributed by atoms with Gasteiger partial charge in [-0.25, -0.2) is 9.18 Å². The fourth-order valence-electron chi connectivity index (χ4n) is 3.03. The second-order valence-electron chi connectivity index (χ2n) is 6.84. The van der Waals surface area contributed by atoms with Gasteiger partial charge in [0, 0.05) is 19.8 Å². The molecule has 0 saturated carbocycles. The molecule has 0 aliphatic heterocycles. The predicted octanol–water partition coefficient (Wildman–Crippen LogP) is 2.44. The molecule has 2 rings (SSSR count). The second-order valence-corrected chi connectivity index (χ2v) is 7.25. The van der Waals surface area contributed by atoms with E-state index < -0.39 is 35.7 Å². The van der Waals surface area contributed by atoms with Crippen LogP contribution in [0.5, 0.6) is 5.75 Å². The summed E-state index contributed by atoms with van der Waals surface area (Å²) in [6.07, 6.45) is 0.153. The predicted molar refractivity (Wildman–Crippen MR) is 113 cm³/mol. The number of carbonyl (C=O) groups excluding carboxylic acids is 3. The number of esters is 1. The van der Waals surface area contributed by atoms with Crippen molar-refractivity contribution >= 4 is 29.4 Å². The van der Waals surface area contributed by atoms with E-state index >= 15 is 0 Å². The van der Waals surface area contributed by atoms with Gasteiger partial charge in [-0.3, -0.25) is 9.59 Å². The summed E-state index contributed by atoms with van der Waals surface area (Å²) in [5.41, 5.74) is 1.19. The lowest BCUT2D eigenvalue weighted by Crippen LogP contribution is -2.53. The monoisotopic (exact) mass is 450 g/mol. The van der Waals surface area contributed by atoms with Crippen LogP contribution in [0.4, 0.5) is 4.39 Å². The number of nitrogens with one attached hydrogen (secondary N) is 2. The molecule has 2 aromatic carbocycles. The Morgan fingerprint density at radius 2 is 1.68 bits per heavy atom. The Kier molecular flexibility index (Phi) is 8.81. The Morgan fingerprint density at radius 1 is 1.00 bits per heavy atom. The van der Waals surface area contributed by atoms with E-state index in [1.807, 2.05) is 0 Å². The third-order valence-electron chi connectivity index (χ3n) is 4.48. The molecule has 0 heterocycles. The van der Waals surface area contributed by atoms with Crippen LogP contribution in [0, 0.1) is 5.82 Å². The summed E-state index contributed by atoms with van der Waals surface area (Å²) in [5.74, 6) is -1.68. The van der Waals surface area contributed by atoms with Crippen LogP contribution in [-0.4, -0.2) is 44.1 Å². The Hall–Kier alpha value is -3.13. The van der Waals surface area contributed by atoms with Gasteiger partial charge in [0.05, 0.1) is 19.2 Å². The van der Waals surface area contributed by atoms with Gasteiger partial charge in [0.25, 0.3) is 0 Å². The van der Waals surface area contributed by atoms with Crippen molar-refractivity contribution in [3.63, 3.8) is 0 Å². The average Bonchev–Trinajstić information content (AvgIpc) is 2.72. The van der Waals surface area contributed by atoms with Crippen molar-refractivity contribution in [2.45, 2.75) is 31.8 Å². The van der Waals surface area contributed by atoms with Gasteiger partial charge in [0.1, 0.15) is 23.7 Å². The minimum atomic E-state index is -1.02. The van der Waals surface area contributed by atoms with E-state index in [9.17, 15) is 18.8 Å². The van der Waals surface area contributed by atoms with Gasteiger partial charge >= 0.3 is 5.97 Å². The molecule has 2 atom stereocenters. The van der Waals surface area contributed by atoms with E-state index in [-0.39, 0.29) is 12.8 Å². The number of methoxy groups -OCH3 is 2. The van der Waals surface area contributed by atoms with Crippen molar-refractivity contribution in [1.29, 1.82) is 0 Å². The standard InChI is InChI=1S/C22H24ClFN2O5/c1-13(27)25-18(11-14-5-4-6-16(24)9-14)21(28)26-19(22(29)31-3)12-15-7-8-20(30-2)17(23)10-15/h4-10,18-19H,11-12H2,1-3H3,(H,25,27)(H,26,28)/t18-,19-/m1/s1. The van der Waals surface area contributed by atoms with Crippen molar-refractivity contribution in [3.8, 4) is 5.75 Å². The van der Waals surface area contributed by atoms with Crippen LogP contribution in [0.2, 0.25) is 5.02 Å². The maximum absolute atomic E-state index is 13.5. The van der Waals surface area contributed by atoms with Crippen molar-refractivity contribution in [1.82, 2.24) is 10.6 Å². The largest absolute Gasteiger partial charge is 0.495 e. The van der Waals surface area contributed by atoms with Crippen molar-refractivity contribution in [2.75, 3.05) is 14.2 Å². The van der Waals surface area contributed by atoms with E-state index in [2.05, 4.69) is 10.6 Å². The highest BCUT2D eigenvalue weighted by Gasteiger charge is 2.27. The molecule has 0 radical (unpaired) electrons. The van der Waals surface area contributed by atoms with E-state index in [0.717, 1.165) is 0 Å². The fraction of sp³-hybridized carbons (Fsp3) is 0.318. The van der Waals surface area contributed by atoms with E-state index in [1.165, 1.54) is 39.3 Å². The van der Waals surface area contributed by atoms with Crippen LogP contribution in [0.25, 0.3) is 0 Å². The molecule has 0 saturated heterocycles. The lowest BCUT2D eigenvalue weighted by Gasteiger charge is -2.22. The topological polar surface area (TPSA) is 93.7 Å². The van der Waals surface area contributed by atoms with E-state index in [1.54, 1.807) is 24.3 Å². The lowest BCUT2D eigenvalue weighted by atomic mass is 10.0. The smallest absolute Gasteiger partial charge is 0.328 e. The van der Waals surface area contributed by atoms with Crippen LogP contribution in [0.3, 0.4) is 0 Å². The van der Waals surface area contributed by atoms with E-state index in [4.69, 9.17) is 21.1 Å². The Labute approximate surface area is 184 Å². The van der Waals surface area contributed by atoms with Crippen LogP contribution in [-0.2, 0) is 32.0 Å². The summed E-state index contributed by atoms with van der Waals surface area (Å²) < 4.78 is 23.4. The van der Waals surface area contributed by atoms with Gasteiger partial charge in [0.15, 0.2) is 0 Å². The summed E-state index contributed by atoms with van der Waals surface area (Å²) in [7, 11) is 2.69. The molecular weight excluding hydrogens is 427 g/mol. The van der Waals surface area contributed by atoms with Crippen LogP contribution in [0.15, 0.2) is 42.5 Å². The first kappa shape index (κ1) is 24.1. The zero-order valence-corrected chi connectivity index (χ0v) is 18.2. The molecule has 0 aliphatic rings. The molecule has 2 N–H and O–H groups in total. The third-order valence-corrected chi connectivity index (χ3v) is 4.78. The molecule has 0 fully saturated rings. The maximum atomic E-state index is 13.5. The number of hydrogen-bond donors (Lipinski definition) is 2. The molecule has 0 spiro atoms. The highest BCUT2D eigenvalue weighted by Crippen LogP contribution is 2.25. The molecule has 2 aromatic rings. The molecule has 0 bridgehead atoms. The lowest BCUT2D eigenvalue weighted by molar-refractivity contribution is -0.145. The van der Waals surface area contributed by atoms with Crippen molar-refractivity contribution in [2.24, 2.45) is 0 Å². The number of rotatable bonds is 9. The Morgan fingerprint density at radius 3 is 2.26 bits per heavy atom. The Balaban J connectivity index is 2.19. The van der Waals surface area contributed by atoms with Gasteiger partial charge in [-0.1, -0.05) is 29.8 Å². The number of ether oxygens (including phenoxy) is 2. The molecule has 0 aromatic heterocycles. The maximum Gasteiger partial charge on any atom is 0.328 e. The Bertz CT molecular complexity index is 953. The minimum absolute atomic E-state index is 0.0471. The highest BCUT2D eigenvalue weighted by atomic mass is 35.5. The highest BCUT2D eigenvalue weighted by molar-refractivity contribution is 6.32. The fourth-order valence-corrected chi connectivity index (χ4v) is 3.31. The van der Waals surface area contributed by atoms with Gasteiger partial charge in [-0.2, -0.15) is 0 Å². The molecule has 9 heteroatoms. The van der Waals surface area contributed by atoms with Gasteiger partial charge in [-0.15, -0.1) is 0 Å². The molecule has 2 amide bonds.